The molecule has 1 rings (SSSR count). The summed E-state index contributed by atoms with van der Waals surface area (Å²) < 4.78 is 13.1. The average Bonchev–Trinajstić information content (AvgIpc) is 2.44. The summed E-state index contributed by atoms with van der Waals surface area (Å²) in [5.41, 5.74) is 9.53. The van der Waals surface area contributed by atoms with E-state index < -0.39 is 16.6 Å². The second kappa shape index (κ2) is 7.66. The summed E-state index contributed by atoms with van der Waals surface area (Å²) in [6.45, 7) is 22.6. The van der Waals surface area contributed by atoms with E-state index in [2.05, 4.69) is 77.8 Å². The Bertz CT molecular complexity index is 683. The van der Waals surface area contributed by atoms with Gasteiger partial charge >= 0.3 is 0 Å². The van der Waals surface area contributed by atoms with Gasteiger partial charge in [-0.25, -0.2) is 0 Å². The SMILES string of the molecule is CC(C)(C)[Si](C)(C)Oc1ccc(CN=[N+]=[N-])cc1O[Si](C)(C)C(C)(C)C. The third kappa shape index (κ3) is 5.53. The van der Waals surface area contributed by atoms with Crippen LogP contribution < -0.4 is 8.85 Å². The standard InChI is InChI=1S/C19H35N3O2Si2/c1-18(2,3)25(7,8)23-16-12-11-15(14-21-22-20)13-17(16)24-26(9,10)19(4,5)6/h11-13H,14H2,1-10H3. The summed E-state index contributed by atoms with van der Waals surface area (Å²) in [4.78, 5) is 2.86. The molecule has 1 aromatic rings. The van der Waals surface area contributed by atoms with Gasteiger partial charge in [0.2, 0.25) is 0 Å². The van der Waals surface area contributed by atoms with Crippen molar-refractivity contribution in [1.29, 1.82) is 0 Å². The van der Waals surface area contributed by atoms with Crippen LogP contribution in [0, 0.1) is 0 Å². The molecule has 26 heavy (non-hydrogen) atoms. The topological polar surface area (TPSA) is 67.2 Å². The zero-order chi connectivity index (χ0) is 20.4. The maximum Gasteiger partial charge on any atom is 0.250 e. The van der Waals surface area contributed by atoms with Crippen molar-refractivity contribution in [3.8, 4) is 11.5 Å². The van der Waals surface area contributed by atoms with Gasteiger partial charge in [0.25, 0.3) is 16.6 Å². The average molecular weight is 394 g/mol. The first-order chi connectivity index (χ1) is 11.6. The summed E-state index contributed by atoms with van der Waals surface area (Å²) in [7, 11) is -4.01. The molecule has 0 aliphatic rings. The molecule has 5 nitrogen and oxygen atoms in total. The van der Waals surface area contributed by atoms with Crippen molar-refractivity contribution in [3.63, 3.8) is 0 Å². The Hall–Kier alpha value is -1.44. The molecule has 0 saturated heterocycles. The second-order valence-electron chi connectivity index (χ2n) is 9.89. The van der Waals surface area contributed by atoms with E-state index in [1.807, 2.05) is 18.2 Å². The predicted octanol–water partition coefficient (Wildman–Crippen LogP) is 7.26. The fourth-order valence-electron chi connectivity index (χ4n) is 1.78. The minimum atomic E-state index is -2.02. The van der Waals surface area contributed by atoms with Crippen LogP contribution in [-0.4, -0.2) is 16.6 Å². The van der Waals surface area contributed by atoms with Crippen LogP contribution in [0.25, 0.3) is 10.4 Å². The highest BCUT2D eigenvalue weighted by atomic mass is 28.4. The van der Waals surface area contributed by atoms with Crippen LogP contribution in [0.1, 0.15) is 47.1 Å². The fraction of sp³-hybridized carbons (Fsp3) is 0.684. The van der Waals surface area contributed by atoms with Crippen molar-refractivity contribution >= 4 is 16.6 Å². The van der Waals surface area contributed by atoms with Gasteiger partial charge in [-0.15, -0.1) is 0 Å². The molecule has 0 N–H and O–H groups in total. The molecule has 0 atom stereocenters. The molecule has 0 bridgehead atoms. The Kier molecular flexibility index (Phi) is 6.66. The molecule has 1 aromatic carbocycles. The summed E-state index contributed by atoms with van der Waals surface area (Å²) in [6, 6.07) is 5.89. The third-order valence-corrected chi connectivity index (χ3v) is 14.4. The molecule has 146 valence electrons. The first-order valence-corrected chi connectivity index (χ1v) is 14.9. The van der Waals surface area contributed by atoms with Gasteiger partial charge in [-0.05, 0) is 59.5 Å². The molecule has 0 amide bonds. The van der Waals surface area contributed by atoms with E-state index in [0.29, 0.717) is 6.54 Å². The van der Waals surface area contributed by atoms with Crippen LogP contribution in [-0.2, 0) is 6.54 Å². The highest BCUT2D eigenvalue weighted by molar-refractivity contribution is 6.75. The van der Waals surface area contributed by atoms with Crippen molar-refractivity contribution < 1.29 is 8.85 Å². The predicted molar refractivity (Wildman–Crippen MR) is 115 cm³/mol. The molecular formula is C19H35N3O2Si2. The minimum absolute atomic E-state index is 0.0854. The quantitative estimate of drug-likeness (QED) is 0.221. The lowest BCUT2D eigenvalue weighted by molar-refractivity contribution is 0.440. The summed E-state index contributed by atoms with van der Waals surface area (Å²) in [5.74, 6) is 1.57. The van der Waals surface area contributed by atoms with Gasteiger partial charge in [0, 0.05) is 4.91 Å². The number of azide groups is 1. The molecule has 0 fully saturated rings. The number of benzene rings is 1. The zero-order valence-corrected chi connectivity index (χ0v) is 20.1. The number of nitrogens with zero attached hydrogens (tertiary/aromatic N) is 3. The molecular weight excluding hydrogens is 358 g/mol. The molecule has 0 aromatic heterocycles. The largest absolute Gasteiger partial charge is 0.541 e. The summed E-state index contributed by atoms with van der Waals surface area (Å²) >= 11 is 0. The lowest BCUT2D eigenvalue weighted by Gasteiger charge is -2.39. The van der Waals surface area contributed by atoms with Crippen molar-refractivity contribution in [3.05, 3.63) is 34.2 Å². The van der Waals surface area contributed by atoms with Crippen LogP contribution in [0.5, 0.6) is 11.5 Å². The molecule has 0 heterocycles. The van der Waals surface area contributed by atoms with E-state index in [4.69, 9.17) is 14.4 Å². The Balaban J connectivity index is 3.35. The Morgan fingerprint density at radius 2 is 1.35 bits per heavy atom. The number of hydrogen-bond donors (Lipinski definition) is 0. The normalized spacial score (nSPS) is 13.2. The van der Waals surface area contributed by atoms with Crippen LogP contribution in [0.4, 0.5) is 0 Å². The molecule has 0 unspecified atom stereocenters. The molecule has 0 spiro atoms. The number of hydrogen-bond acceptors (Lipinski definition) is 3. The van der Waals surface area contributed by atoms with Crippen LogP contribution >= 0.6 is 0 Å². The monoisotopic (exact) mass is 393 g/mol. The van der Waals surface area contributed by atoms with Crippen molar-refractivity contribution in [1.82, 2.24) is 0 Å². The number of rotatable bonds is 6. The fourth-order valence-corrected chi connectivity index (χ4v) is 3.82. The molecule has 0 radical (unpaired) electrons. The van der Waals surface area contributed by atoms with E-state index >= 15 is 0 Å². The van der Waals surface area contributed by atoms with E-state index in [1.165, 1.54) is 0 Å². The maximum absolute atomic E-state index is 8.60. The van der Waals surface area contributed by atoms with E-state index in [1.54, 1.807) is 0 Å². The van der Waals surface area contributed by atoms with Crippen molar-refractivity contribution in [2.45, 2.75) is 84.4 Å². The summed E-state index contributed by atoms with van der Waals surface area (Å²) in [5, 5.41) is 3.86. The van der Waals surface area contributed by atoms with Crippen LogP contribution in [0.3, 0.4) is 0 Å². The first kappa shape index (κ1) is 22.6. The second-order valence-corrected chi connectivity index (χ2v) is 19.3. The zero-order valence-electron chi connectivity index (χ0n) is 18.1. The van der Waals surface area contributed by atoms with Gasteiger partial charge in [0.1, 0.15) is 11.5 Å². The maximum atomic E-state index is 8.60. The van der Waals surface area contributed by atoms with Crippen LogP contribution in [0.2, 0.25) is 36.3 Å². The molecule has 0 saturated carbocycles. The molecule has 7 heteroatoms. The smallest absolute Gasteiger partial charge is 0.250 e. The van der Waals surface area contributed by atoms with Gasteiger partial charge in [-0.1, -0.05) is 52.7 Å². The van der Waals surface area contributed by atoms with E-state index in [0.717, 1.165) is 17.1 Å². The molecule has 0 aliphatic heterocycles. The van der Waals surface area contributed by atoms with Gasteiger partial charge in [-0.3, -0.25) is 0 Å². The molecule has 0 aliphatic carbocycles. The Morgan fingerprint density at radius 3 is 1.77 bits per heavy atom. The lowest BCUT2D eigenvalue weighted by atomic mass is 10.2. The lowest BCUT2D eigenvalue weighted by Crippen LogP contribution is -2.45. The van der Waals surface area contributed by atoms with Gasteiger partial charge < -0.3 is 8.85 Å². The van der Waals surface area contributed by atoms with Gasteiger partial charge in [-0.2, -0.15) is 0 Å². The Labute approximate surface area is 161 Å². The Morgan fingerprint density at radius 1 is 0.885 bits per heavy atom. The highest BCUT2D eigenvalue weighted by Crippen LogP contribution is 2.43. The van der Waals surface area contributed by atoms with E-state index in [9.17, 15) is 0 Å². The minimum Gasteiger partial charge on any atom is -0.541 e. The first-order valence-electron chi connectivity index (χ1n) is 9.12. The van der Waals surface area contributed by atoms with Gasteiger partial charge in [0.05, 0.1) is 6.54 Å². The third-order valence-electron chi connectivity index (χ3n) is 5.67. The van der Waals surface area contributed by atoms with Crippen LogP contribution in [0.15, 0.2) is 23.3 Å². The van der Waals surface area contributed by atoms with Crippen molar-refractivity contribution in [2.75, 3.05) is 0 Å². The highest BCUT2D eigenvalue weighted by Gasteiger charge is 2.42. The van der Waals surface area contributed by atoms with E-state index in [-0.39, 0.29) is 10.1 Å². The summed E-state index contributed by atoms with van der Waals surface area (Å²) in [6.07, 6.45) is 0. The van der Waals surface area contributed by atoms with Gasteiger partial charge in [0.15, 0.2) is 0 Å². The van der Waals surface area contributed by atoms with Crippen molar-refractivity contribution in [2.24, 2.45) is 5.11 Å².